The van der Waals surface area contributed by atoms with Crippen LogP contribution in [0.1, 0.15) is 0 Å². The van der Waals surface area contributed by atoms with Crippen LogP contribution >= 0.6 is 0 Å². The molecule has 24 heavy (non-hydrogen) atoms. The van der Waals surface area contributed by atoms with Gasteiger partial charge in [-0.2, -0.15) is 5.10 Å². The van der Waals surface area contributed by atoms with E-state index in [-0.39, 0.29) is 12.0 Å². The lowest BCUT2D eigenvalue weighted by atomic mass is 9.88. The Balaban J connectivity index is 1.68. The second-order valence-electron chi connectivity index (χ2n) is 6.19. The van der Waals surface area contributed by atoms with Crippen LogP contribution in [-0.2, 0) is 4.74 Å². The average Bonchev–Trinajstić information content (AvgIpc) is 3.08. The number of aromatic amines is 1. The molecule has 7 heteroatoms. The van der Waals surface area contributed by atoms with E-state index in [1.165, 1.54) is 0 Å². The Hall–Kier alpha value is -2.64. The van der Waals surface area contributed by atoms with E-state index in [0.29, 0.717) is 31.4 Å². The van der Waals surface area contributed by atoms with Crippen LogP contribution in [0.3, 0.4) is 0 Å². The van der Waals surface area contributed by atoms with E-state index in [2.05, 4.69) is 15.2 Å². The molecule has 3 heterocycles. The first-order valence-corrected chi connectivity index (χ1v) is 7.71. The molecule has 7 nitrogen and oxygen atoms in total. The summed E-state index contributed by atoms with van der Waals surface area (Å²) >= 11 is 0. The zero-order valence-electron chi connectivity index (χ0n) is 13.0. The van der Waals surface area contributed by atoms with Crippen LogP contribution in [0.25, 0.3) is 22.2 Å². The highest BCUT2D eigenvalue weighted by Gasteiger charge is 2.39. The van der Waals surface area contributed by atoms with E-state index in [1.807, 2.05) is 24.3 Å². The van der Waals surface area contributed by atoms with Crippen LogP contribution in [0.15, 0.2) is 36.5 Å². The Bertz CT molecular complexity index is 854. The standard InChI is InChI=1S/C17H18N4O3/c18-16-6-15(24-10-17(7-22)8-23-9-17)12-2-1-11(5-14(12)20-16)13-3-4-19-21-13/h1-6,22H,7-10H2,(H2,18,20)(H,19,21). The van der Waals surface area contributed by atoms with Crippen LogP contribution < -0.4 is 10.5 Å². The maximum atomic E-state index is 9.52. The number of pyridine rings is 1. The molecule has 0 atom stereocenters. The third kappa shape index (κ3) is 2.57. The number of nitrogen functional groups attached to an aromatic ring is 1. The fraction of sp³-hybridized carbons (Fsp3) is 0.294. The van der Waals surface area contributed by atoms with Gasteiger partial charge in [-0.3, -0.25) is 5.10 Å². The van der Waals surface area contributed by atoms with Gasteiger partial charge in [0.1, 0.15) is 18.2 Å². The summed E-state index contributed by atoms with van der Waals surface area (Å²) in [4.78, 5) is 4.39. The first-order valence-electron chi connectivity index (χ1n) is 7.71. The fourth-order valence-corrected chi connectivity index (χ4v) is 2.76. The van der Waals surface area contributed by atoms with Gasteiger partial charge in [-0.25, -0.2) is 4.98 Å². The molecule has 1 aliphatic heterocycles. The number of hydrogen-bond acceptors (Lipinski definition) is 6. The number of nitrogens with zero attached hydrogens (tertiary/aromatic N) is 2. The highest BCUT2D eigenvalue weighted by Crippen LogP contribution is 2.33. The zero-order valence-corrected chi connectivity index (χ0v) is 13.0. The quantitative estimate of drug-likeness (QED) is 0.657. The van der Waals surface area contributed by atoms with Crippen molar-refractivity contribution in [2.75, 3.05) is 32.2 Å². The molecule has 0 unspecified atom stereocenters. The molecule has 0 amide bonds. The average molecular weight is 326 g/mol. The van der Waals surface area contributed by atoms with Gasteiger partial charge in [0, 0.05) is 23.2 Å². The minimum atomic E-state index is -0.319. The number of aromatic nitrogens is 3. The lowest BCUT2D eigenvalue weighted by molar-refractivity contribution is -0.153. The number of nitrogens with two attached hydrogens (primary N) is 1. The number of aliphatic hydroxyl groups excluding tert-OH is 1. The van der Waals surface area contributed by atoms with Gasteiger partial charge >= 0.3 is 0 Å². The molecule has 0 aliphatic carbocycles. The Morgan fingerprint density at radius 1 is 1.29 bits per heavy atom. The second-order valence-corrected chi connectivity index (χ2v) is 6.19. The predicted molar refractivity (Wildman–Crippen MR) is 89.6 cm³/mol. The largest absolute Gasteiger partial charge is 0.492 e. The maximum Gasteiger partial charge on any atom is 0.132 e. The summed E-state index contributed by atoms with van der Waals surface area (Å²) in [6, 6.07) is 9.49. The van der Waals surface area contributed by atoms with Gasteiger partial charge < -0.3 is 20.3 Å². The Morgan fingerprint density at radius 3 is 2.83 bits per heavy atom. The molecule has 2 aromatic heterocycles. The number of aliphatic hydroxyl groups is 1. The van der Waals surface area contributed by atoms with Crippen LogP contribution in [-0.4, -0.2) is 46.7 Å². The van der Waals surface area contributed by atoms with Crippen LogP contribution in [0, 0.1) is 5.41 Å². The van der Waals surface area contributed by atoms with Crippen LogP contribution in [0.2, 0.25) is 0 Å². The van der Waals surface area contributed by atoms with Gasteiger partial charge in [-0.15, -0.1) is 0 Å². The summed E-state index contributed by atoms with van der Waals surface area (Å²) < 4.78 is 11.1. The molecule has 0 spiro atoms. The SMILES string of the molecule is Nc1cc(OCC2(CO)COC2)c2ccc(-c3ccn[nH]3)cc2n1. The van der Waals surface area contributed by atoms with Crippen molar-refractivity contribution >= 4 is 16.7 Å². The summed E-state index contributed by atoms with van der Waals surface area (Å²) in [5, 5.41) is 17.3. The smallest absolute Gasteiger partial charge is 0.132 e. The van der Waals surface area contributed by atoms with Gasteiger partial charge in [-0.1, -0.05) is 6.07 Å². The topological polar surface area (TPSA) is 106 Å². The Labute approximate surface area is 138 Å². The van der Waals surface area contributed by atoms with Crippen LogP contribution in [0.5, 0.6) is 5.75 Å². The van der Waals surface area contributed by atoms with E-state index in [4.69, 9.17) is 15.2 Å². The summed E-state index contributed by atoms with van der Waals surface area (Å²) in [6.07, 6.45) is 1.70. The lowest BCUT2D eigenvalue weighted by Gasteiger charge is -2.39. The first-order chi connectivity index (χ1) is 11.7. The van der Waals surface area contributed by atoms with E-state index in [1.54, 1.807) is 12.3 Å². The molecule has 1 saturated heterocycles. The highest BCUT2D eigenvalue weighted by molar-refractivity contribution is 5.89. The lowest BCUT2D eigenvalue weighted by Crippen LogP contribution is -2.49. The van der Waals surface area contributed by atoms with Gasteiger partial charge in [0.05, 0.1) is 36.4 Å². The summed E-state index contributed by atoms with van der Waals surface area (Å²) in [5.41, 5.74) is 8.24. The predicted octanol–water partition coefficient (Wildman–Crippen LogP) is 1.59. The third-order valence-electron chi connectivity index (χ3n) is 4.29. The second kappa shape index (κ2) is 5.77. The molecular weight excluding hydrogens is 308 g/mol. The van der Waals surface area contributed by atoms with Crippen molar-refractivity contribution in [1.82, 2.24) is 15.2 Å². The minimum absolute atomic E-state index is 0.0372. The van der Waals surface area contributed by atoms with Gasteiger partial charge in [-0.05, 0) is 18.2 Å². The molecular formula is C17H18N4O3. The molecule has 0 bridgehead atoms. The first kappa shape index (κ1) is 14.9. The summed E-state index contributed by atoms with van der Waals surface area (Å²) in [7, 11) is 0. The minimum Gasteiger partial charge on any atom is -0.492 e. The highest BCUT2D eigenvalue weighted by atomic mass is 16.5. The molecule has 0 saturated carbocycles. The Morgan fingerprint density at radius 2 is 2.17 bits per heavy atom. The molecule has 124 valence electrons. The molecule has 1 fully saturated rings. The number of fused-ring (bicyclic) bond motifs is 1. The Kier molecular flexibility index (Phi) is 3.59. The number of hydrogen-bond donors (Lipinski definition) is 3. The zero-order chi connectivity index (χ0) is 16.6. The fourth-order valence-electron chi connectivity index (χ4n) is 2.76. The normalized spacial score (nSPS) is 16.0. The number of H-pyrrole nitrogens is 1. The van der Waals surface area contributed by atoms with E-state index < -0.39 is 0 Å². The van der Waals surface area contributed by atoms with Gasteiger partial charge in [0.15, 0.2) is 0 Å². The summed E-state index contributed by atoms with van der Waals surface area (Å²) in [6.45, 7) is 1.43. The van der Waals surface area contributed by atoms with E-state index in [9.17, 15) is 5.11 Å². The van der Waals surface area contributed by atoms with Crippen molar-refractivity contribution < 1.29 is 14.6 Å². The maximum absolute atomic E-state index is 9.52. The molecule has 1 aliphatic rings. The van der Waals surface area contributed by atoms with Crippen LogP contribution in [0.4, 0.5) is 5.82 Å². The van der Waals surface area contributed by atoms with E-state index in [0.717, 1.165) is 22.2 Å². The summed E-state index contributed by atoms with van der Waals surface area (Å²) in [5.74, 6) is 1.05. The van der Waals surface area contributed by atoms with Crippen molar-refractivity contribution in [3.05, 3.63) is 36.5 Å². The molecule has 0 radical (unpaired) electrons. The van der Waals surface area contributed by atoms with Crippen molar-refractivity contribution in [2.45, 2.75) is 0 Å². The van der Waals surface area contributed by atoms with Gasteiger partial charge in [0.2, 0.25) is 0 Å². The third-order valence-corrected chi connectivity index (χ3v) is 4.29. The van der Waals surface area contributed by atoms with Crippen molar-refractivity contribution in [2.24, 2.45) is 5.41 Å². The van der Waals surface area contributed by atoms with Crippen molar-refractivity contribution in [3.63, 3.8) is 0 Å². The molecule has 4 N–H and O–H groups in total. The number of anilines is 1. The van der Waals surface area contributed by atoms with Gasteiger partial charge in [0.25, 0.3) is 0 Å². The van der Waals surface area contributed by atoms with Crippen molar-refractivity contribution in [1.29, 1.82) is 0 Å². The molecule has 3 aromatic rings. The molecule has 4 rings (SSSR count). The number of ether oxygens (including phenoxy) is 2. The number of rotatable bonds is 5. The number of benzene rings is 1. The monoisotopic (exact) mass is 326 g/mol. The number of nitrogens with one attached hydrogen (secondary N) is 1. The van der Waals surface area contributed by atoms with Crippen molar-refractivity contribution in [3.8, 4) is 17.0 Å². The molecule has 1 aromatic carbocycles. The van der Waals surface area contributed by atoms with E-state index >= 15 is 0 Å².